The number of ketones is 1. The number of oxazole rings is 1. The first-order valence-corrected chi connectivity index (χ1v) is 5.85. The monoisotopic (exact) mass is 267 g/mol. The van der Waals surface area contributed by atoms with Crippen molar-refractivity contribution >= 4 is 32.8 Å². The van der Waals surface area contributed by atoms with Crippen molar-refractivity contribution in [3.05, 3.63) is 29.7 Å². The van der Waals surface area contributed by atoms with Crippen molar-refractivity contribution in [2.75, 3.05) is 5.33 Å². The molecule has 15 heavy (non-hydrogen) atoms. The molecule has 0 saturated heterocycles. The van der Waals surface area contributed by atoms with E-state index in [0.29, 0.717) is 22.4 Å². The summed E-state index contributed by atoms with van der Waals surface area (Å²) >= 11 is 3.14. The highest BCUT2D eigenvalue weighted by molar-refractivity contribution is 9.09. The first-order valence-electron chi connectivity index (χ1n) is 4.73. The van der Waals surface area contributed by atoms with Gasteiger partial charge in [-0.2, -0.15) is 0 Å². The van der Waals surface area contributed by atoms with Gasteiger partial charge >= 0.3 is 0 Å². The van der Waals surface area contributed by atoms with Gasteiger partial charge in [-0.1, -0.05) is 22.9 Å². The van der Waals surface area contributed by atoms with Crippen molar-refractivity contribution in [3.63, 3.8) is 0 Å². The lowest BCUT2D eigenvalue weighted by Crippen LogP contribution is -1.98. The molecular formula is C11H10BrNO2. The van der Waals surface area contributed by atoms with Gasteiger partial charge in [-0.05, 0) is 18.2 Å². The minimum absolute atomic E-state index is 0.0475. The Bertz CT molecular complexity index is 504. The zero-order valence-electron chi connectivity index (χ0n) is 8.29. The third-order valence-corrected chi connectivity index (χ3v) is 2.69. The summed E-state index contributed by atoms with van der Waals surface area (Å²) in [4.78, 5) is 15.7. The summed E-state index contributed by atoms with van der Waals surface area (Å²) in [5.41, 5.74) is 2.13. The first-order chi connectivity index (χ1) is 7.24. The molecule has 1 aromatic heterocycles. The van der Waals surface area contributed by atoms with E-state index < -0.39 is 0 Å². The van der Waals surface area contributed by atoms with Crippen LogP contribution in [0.3, 0.4) is 0 Å². The molecule has 0 radical (unpaired) electrons. The van der Waals surface area contributed by atoms with Gasteiger partial charge < -0.3 is 4.42 Å². The maximum Gasteiger partial charge on any atom is 0.195 e. The zero-order valence-corrected chi connectivity index (χ0v) is 9.87. The molecule has 78 valence electrons. The van der Waals surface area contributed by atoms with Crippen molar-refractivity contribution < 1.29 is 9.21 Å². The average molecular weight is 268 g/mol. The van der Waals surface area contributed by atoms with E-state index in [-0.39, 0.29) is 5.78 Å². The van der Waals surface area contributed by atoms with E-state index >= 15 is 0 Å². The van der Waals surface area contributed by atoms with E-state index in [1.54, 1.807) is 12.1 Å². The largest absolute Gasteiger partial charge is 0.441 e. The maximum absolute atomic E-state index is 11.4. The van der Waals surface area contributed by atoms with Crippen LogP contribution in [0, 0.1) is 0 Å². The standard InChI is InChI=1S/C11H10BrNO2/c1-2-11-13-8-4-3-7(9(14)6-12)5-10(8)15-11/h3-5H,2,6H2,1H3. The summed E-state index contributed by atoms with van der Waals surface area (Å²) in [5, 5.41) is 0.327. The normalized spacial score (nSPS) is 10.8. The number of carbonyl (C=O) groups is 1. The number of aryl methyl sites for hydroxylation is 1. The number of rotatable bonds is 3. The number of Topliss-reactive ketones (excluding diaryl/α,β-unsaturated/α-hetero) is 1. The molecule has 4 heteroatoms. The fraction of sp³-hybridized carbons (Fsp3) is 0.273. The van der Waals surface area contributed by atoms with Crippen molar-refractivity contribution in [1.82, 2.24) is 4.98 Å². The Morgan fingerprint density at radius 1 is 1.53 bits per heavy atom. The van der Waals surface area contributed by atoms with Crippen LogP contribution in [0.25, 0.3) is 11.1 Å². The van der Waals surface area contributed by atoms with Gasteiger partial charge in [0.05, 0.1) is 5.33 Å². The number of aromatic nitrogens is 1. The second-order valence-electron chi connectivity index (χ2n) is 3.20. The van der Waals surface area contributed by atoms with Gasteiger partial charge in [-0.15, -0.1) is 0 Å². The average Bonchev–Trinajstić information content (AvgIpc) is 2.69. The van der Waals surface area contributed by atoms with Crippen LogP contribution in [-0.4, -0.2) is 16.1 Å². The Balaban J connectivity index is 2.50. The molecule has 0 saturated carbocycles. The third kappa shape index (κ3) is 1.95. The molecule has 3 nitrogen and oxygen atoms in total. The molecule has 0 amide bonds. The lowest BCUT2D eigenvalue weighted by atomic mass is 10.1. The van der Waals surface area contributed by atoms with Crippen LogP contribution in [-0.2, 0) is 6.42 Å². The van der Waals surface area contributed by atoms with Crippen molar-refractivity contribution in [2.24, 2.45) is 0 Å². The molecule has 2 rings (SSSR count). The van der Waals surface area contributed by atoms with Crippen LogP contribution in [0.1, 0.15) is 23.2 Å². The van der Waals surface area contributed by atoms with Crippen LogP contribution in [0.5, 0.6) is 0 Å². The van der Waals surface area contributed by atoms with Crippen LogP contribution in [0.15, 0.2) is 22.6 Å². The first kappa shape index (κ1) is 10.4. The van der Waals surface area contributed by atoms with E-state index in [4.69, 9.17) is 4.42 Å². The van der Waals surface area contributed by atoms with Gasteiger partial charge in [-0.25, -0.2) is 4.98 Å². The van der Waals surface area contributed by atoms with Gasteiger partial charge in [0.25, 0.3) is 0 Å². The minimum Gasteiger partial charge on any atom is -0.441 e. The van der Waals surface area contributed by atoms with E-state index in [1.165, 1.54) is 0 Å². The Morgan fingerprint density at radius 3 is 3.00 bits per heavy atom. The van der Waals surface area contributed by atoms with Crippen LogP contribution >= 0.6 is 15.9 Å². The smallest absolute Gasteiger partial charge is 0.195 e. The Hall–Kier alpha value is -1.16. The zero-order chi connectivity index (χ0) is 10.8. The van der Waals surface area contributed by atoms with E-state index in [0.717, 1.165) is 11.9 Å². The van der Waals surface area contributed by atoms with Crippen LogP contribution < -0.4 is 0 Å². The molecule has 0 aliphatic carbocycles. The predicted octanol–water partition coefficient (Wildman–Crippen LogP) is 2.97. The number of halogens is 1. The van der Waals surface area contributed by atoms with Gasteiger partial charge in [0, 0.05) is 12.0 Å². The summed E-state index contributed by atoms with van der Waals surface area (Å²) in [6, 6.07) is 5.33. The van der Waals surface area contributed by atoms with Crippen molar-refractivity contribution in [1.29, 1.82) is 0 Å². The van der Waals surface area contributed by atoms with E-state index in [9.17, 15) is 4.79 Å². The van der Waals surface area contributed by atoms with Gasteiger partial charge in [-0.3, -0.25) is 4.79 Å². The fourth-order valence-electron chi connectivity index (χ4n) is 1.37. The highest BCUT2D eigenvalue weighted by Gasteiger charge is 2.08. The third-order valence-electron chi connectivity index (χ3n) is 2.18. The highest BCUT2D eigenvalue weighted by Crippen LogP contribution is 2.18. The molecule has 0 aliphatic heterocycles. The Kier molecular flexibility index (Phi) is 2.86. The summed E-state index contributed by atoms with van der Waals surface area (Å²) in [6.07, 6.45) is 0.760. The van der Waals surface area contributed by atoms with Gasteiger partial charge in [0.1, 0.15) is 5.52 Å². The number of alkyl halides is 1. The number of carbonyl (C=O) groups excluding carboxylic acids is 1. The molecule has 0 fully saturated rings. The summed E-state index contributed by atoms with van der Waals surface area (Å²) in [7, 11) is 0. The maximum atomic E-state index is 11.4. The quantitative estimate of drug-likeness (QED) is 0.635. The van der Waals surface area contributed by atoms with E-state index in [1.807, 2.05) is 13.0 Å². The molecular weight excluding hydrogens is 258 g/mol. The molecule has 1 aromatic carbocycles. The summed E-state index contributed by atoms with van der Waals surface area (Å²) in [6.45, 7) is 1.98. The number of hydrogen-bond donors (Lipinski definition) is 0. The summed E-state index contributed by atoms with van der Waals surface area (Å²) in [5.74, 6) is 0.750. The topological polar surface area (TPSA) is 43.1 Å². The Labute approximate surface area is 95.6 Å². The van der Waals surface area contributed by atoms with Crippen LogP contribution in [0.2, 0.25) is 0 Å². The fourth-order valence-corrected chi connectivity index (χ4v) is 1.70. The van der Waals surface area contributed by atoms with E-state index in [2.05, 4.69) is 20.9 Å². The summed E-state index contributed by atoms with van der Waals surface area (Å²) < 4.78 is 5.47. The molecule has 0 spiro atoms. The molecule has 0 unspecified atom stereocenters. The molecule has 0 atom stereocenters. The van der Waals surface area contributed by atoms with Crippen LogP contribution in [0.4, 0.5) is 0 Å². The molecule has 0 N–H and O–H groups in total. The SMILES string of the molecule is CCc1nc2ccc(C(=O)CBr)cc2o1. The second-order valence-corrected chi connectivity index (χ2v) is 3.76. The number of nitrogens with zero attached hydrogens (tertiary/aromatic N) is 1. The molecule has 1 heterocycles. The van der Waals surface area contributed by atoms with Crippen molar-refractivity contribution in [3.8, 4) is 0 Å². The molecule has 2 aromatic rings. The lowest BCUT2D eigenvalue weighted by molar-refractivity contribution is 0.102. The van der Waals surface area contributed by atoms with Crippen molar-refractivity contribution in [2.45, 2.75) is 13.3 Å². The van der Waals surface area contributed by atoms with Gasteiger partial charge in [0.15, 0.2) is 17.3 Å². The Morgan fingerprint density at radius 2 is 2.33 bits per heavy atom. The lowest BCUT2D eigenvalue weighted by Gasteiger charge is -1.94. The predicted molar refractivity (Wildman–Crippen MR) is 61.5 cm³/mol. The molecule has 0 bridgehead atoms. The second kappa shape index (κ2) is 4.14. The number of hydrogen-bond acceptors (Lipinski definition) is 3. The number of benzene rings is 1. The van der Waals surface area contributed by atoms with Gasteiger partial charge in [0.2, 0.25) is 0 Å². The minimum atomic E-state index is 0.0475. The highest BCUT2D eigenvalue weighted by atomic mass is 79.9. The molecule has 0 aliphatic rings. The number of fused-ring (bicyclic) bond motifs is 1.